The van der Waals surface area contributed by atoms with Gasteiger partial charge >= 0.3 is 0 Å². The summed E-state index contributed by atoms with van der Waals surface area (Å²) < 4.78 is 11.2. The van der Waals surface area contributed by atoms with Gasteiger partial charge in [0.15, 0.2) is 0 Å². The number of hydrogen-bond donors (Lipinski definition) is 3. The van der Waals surface area contributed by atoms with Crippen LogP contribution >= 0.6 is 0 Å². The van der Waals surface area contributed by atoms with Crippen LogP contribution in [0.25, 0.3) is 0 Å². The number of hydrogen-bond acceptors (Lipinski definition) is 5. The maximum Gasteiger partial charge on any atom is 0.202 e. The van der Waals surface area contributed by atoms with E-state index >= 15 is 0 Å². The first-order chi connectivity index (χ1) is 8.66. The minimum absolute atomic E-state index is 0.331. The smallest absolute Gasteiger partial charge is 0.202 e. The lowest BCUT2D eigenvalue weighted by molar-refractivity contribution is -0.271. The van der Waals surface area contributed by atoms with E-state index in [1.807, 2.05) is 24.3 Å². The van der Waals surface area contributed by atoms with Gasteiger partial charge in [-0.1, -0.05) is 24.3 Å². The molecular weight excluding hydrogens is 236 g/mol. The van der Waals surface area contributed by atoms with Gasteiger partial charge in [0.2, 0.25) is 5.79 Å². The van der Waals surface area contributed by atoms with E-state index in [2.05, 4.69) is 0 Å². The van der Waals surface area contributed by atoms with Crippen LogP contribution in [0.4, 0.5) is 0 Å². The summed E-state index contributed by atoms with van der Waals surface area (Å²) in [5, 5.41) is 29.0. The van der Waals surface area contributed by atoms with Crippen LogP contribution in [-0.2, 0) is 22.5 Å². The molecule has 0 aromatic heterocycles. The Morgan fingerprint density at radius 3 is 2.61 bits per heavy atom. The zero-order chi connectivity index (χ0) is 12.8. The Labute approximate surface area is 105 Å². The Balaban J connectivity index is 1.91. The van der Waals surface area contributed by atoms with E-state index in [1.54, 1.807) is 0 Å². The van der Waals surface area contributed by atoms with Gasteiger partial charge in [0, 0.05) is 6.42 Å². The monoisotopic (exact) mass is 252 g/mol. The van der Waals surface area contributed by atoms with Crippen molar-refractivity contribution in [3.8, 4) is 0 Å². The predicted octanol–water partition coefficient (Wildman–Crippen LogP) is -0.432. The lowest BCUT2D eigenvalue weighted by atomic mass is 9.92. The molecule has 5 heteroatoms. The molecule has 1 aromatic rings. The predicted molar refractivity (Wildman–Crippen MR) is 61.6 cm³/mol. The third-order valence-electron chi connectivity index (χ3n) is 3.71. The van der Waals surface area contributed by atoms with Crippen LogP contribution < -0.4 is 0 Å². The van der Waals surface area contributed by atoms with E-state index < -0.39 is 24.1 Å². The molecule has 3 rings (SSSR count). The van der Waals surface area contributed by atoms with Crippen LogP contribution in [0.3, 0.4) is 0 Å². The molecule has 1 spiro atoms. The van der Waals surface area contributed by atoms with E-state index in [0.717, 1.165) is 11.1 Å². The summed E-state index contributed by atoms with van der Waals surface area (Å²) >= 11 is 0. The van der Waals surface area contributed by atoms with E-state index in [9.17, 15) is 10.2 Å². The van der Waals surface area contributed by atoms with Crippen molar-refractivity contribution in [1.29, 1.82) is 0 Å². The first kappa shape index (κ1) is 12.1. The second kappa shape index (κ2) is 4.29. The van der Waals surface area contributed by atoms with Crippen LogP contribution in [0.15, 0.2) is 24.3 Å². The highest BCUT2D eigenvalue weighted by Gasteiger charge is 2.56. The van der Waals surface area contributed by atoms with Crippen molar-refractivity contribution in [3.63, 3.8) is 0 Å². The Kier molecular flexibility index (Phi) is 2.88. The average Bonchev–Trinajstić information content (AvgIpc) is 2.64. The molecule has 1 aromatic carbocycles. The van der Waals surface area contributed by atoms with Crippen LogP contribution in [0.5, 0.6) is 0 Å². The number of rotatable bonds is 1. The van der Waals surface area contributed by atoms with Crippen LogP contribution in [-0.4, -0.2) is 46.0 Å². The van der Waals surface area contributed by atoms with E-state index in [4.69, 9.17) is 14.6 Å². The highest BCUT2D eigenvalue weighted by atomic mass is 16.7. The zero-order valence-electron chi connectivity index (χ0n) is 9.82. The average molecular weight is 252 g/mol. The van der Waals surface area contributed by atoms with Crippen molar-refractivity contribution in [3.05, 3.63) is 35.4 Å². The maximum absolute atomic E-state index is 10.1. The Morgan fingerprint density at radius 2 is 1.94 bits per heavy atom. The molecule has 1 fully saturated rings. The van der Waals surface area contributed by atoms with Crippen molar-refractivity contribution < 1.29 is 24.8 Å². The van der Waals surface area contributed by atoms with Gasteiger partial charge < -0.3 is 24.8 Å². The molecule has 4 atom stereocenters. The summed E-state index contributed by atoms with van der Waals surface area (Å²) in [6.45, 7) is -0.0108. The summed E-state index contributed by atoms with van der Waals surface area (Å²) in [5.74, 6) is -1.23. The van der Waals surface area contributed by atoms with Gasteiger partial charge in [0.25, 0.3) is 0 Å². The minimum Gasteiger partial charge on any atom is -0.394 e. The van der Waals surface area contributed by atoms with Gasteiger partial charge in [-0.2, -0.15) is 0 Å². The summed E-state index contributed by atoms with van der Waals surface area (Å²) in [6, 6.07) is 7.76. The lowest BCUT2D eigenvalue weighted by Gasteiger charge is -2.36. The number of ether oxygens (including phenoxy) is 2. The van der Waals surface area contributed by atoms with Gasteiger partial charge in [-0.15, -0.1) is 0 Å². The summed E-state index contributed by atoms with van der Waals surface area (Å²) in [6.07, 6.45) is -2.70. The van der Waals surface area contributed by atoms with E-state index in [0.29, 0.717) is 13.0 Å². The zero-order valence-corrected chi connectivity index (χ0v) is 9.82. The van der Waals surface area contributed by atoms with Crippen molar-refractivity contribution in [2.75, 3.05) is 6.61 Å². The fourth-order valence-corrected chi connectivity index (χ4v) is 2.66. The van der Waals surface area contributed by atoms with Gasteiger partial charge in [-0.3, -0.25) is 0 Å². The molecule has 1 saturated heterocycles. The maximum atomic E-state index is 10.1. The minimum atomic E-state index is -1.23. The first-order valence-electron chi connectivity index (χ1n) is 6.02. The molecule has 98 valence electrons. The molecule has 0 aliphatic carbocycles. The van der Waals surface area contributed by atoms with Gasteiger partial charge in [0.1, 0.15) is 18.3 Å². The van der Waals surface area contributed by atoms with Crippen LogP contribution in [0, 0.1) is 0 Å². The molecule has 0 saturated carbocycles. The lowest BCUT2D eigenvalue weighted by Crippen LogP contribution is -2.49. The Bertz CT molecular complexity index is 449. The molecule has 0 amide bonds. The quantitative estimate of drug-likeness (QED) is 0.632. The van der Waals surface area contributed by atoms with Gasteiger partial charge in [0.05, 0.1) is 13.2 Å². The second-order valence-corrected chi connectivity index (χ2v) is 4.82. The Hall–Kier alpha value is -0.980. The van der Waals surface area contributed by atoms with Gasteiger partial charge in [-0.05, 0) is 11.1 Å². The second-order valence-electron chi connectivity index (χ2n) is 4.82. The highest BCUT2D eigenvalue weighted by molar-refractivity contribution is 5.30. The largest absolute Gasteiger partial charge is 0.394 e. The number of aliphatic hydroxyl groups excluding tert-OH is 3. The third kappa shape index (κ3) is 1.67. The molecule has 0 bridgehead atoms. The highest BCUT2D eigenvalue weighted by Crippen LogP contribution is 2.39. The molecular formula is C13H16O5. The Morgan fingerprint density at radius 1 is 1.22 bits per heavy atom. The molecule has 5 nitrogen and oxygen atoms in total. The topological polar surface area (TPSA) is 79.2 Å². The summed E-state index contributed by atoms with van der Waals surface area (Å²) in [5.41, 5.74) is 2.09. The summed E-state index contributed by atoms with van der Waals surface area (Å²) in [7, 11) is 0. The van der Waals surface area contributed by atoms with Crippen LogP contribution in [0.1, 0.15) is 11.1 Å². The first-order valence-corrected chi connectivity index (χ1v) is 6.02. The molecule has 3 N–H and O–H groups in total. The van der Waals surface area contributed by atoms with E-state index in [-0.39, 0.29) is 6.61 Å². The normalized spacial score (nSPS) is 38.9. The van der Waals surface area contributed by atoms with Crippen molar-refractivity contribution in [2.24, 2.45) is 0 Å². The van der Waals surface area contributed by atoms with Crippen molar-refractivity contribution in [2.45, 2.75) is 37.1 Å². The number of benzene rings is 1. The van der Waals surface area contributed by atoms with Crippen molar-refractivity contribution in [1.82, 2.24) is 0 Å². The standard InChI is InChI=1S/C13H16O5/c14-6-10-11(15)12(16)13(18-10)5-8-3-1-2-4-9(8)7-17-13/h1-4,10-12,14-16H,5-7H2/t10-,11-,12+,13-/m1/s1. The molecule has 0 radical (unpaired) electrons. The molecule has 2 aliphatic rings. The number of aliphatic hydroxyl groups is 3. The summed E-state index contributed by atoms with van der Waals surface area (Å²) in [4.78, 5) is 0. The molecule has 2 aliphatic heterocycles. The fraction of sp³-hybridized carbons (Fsp3) is 0.538. The number of fused-ring (bicyclic) bond motifs is 1. The van der Waals surface area contributed by atoms with Gasteiger partial charge in [-0.25, -0.2) is 0 Å². The molecule has 2 heterocycles. The molecule has 18 heavy (non-hydrogen) atoms. The van der Waals surface area contributed by atoms with Crippen LogP contribution in [0.2, 0.25) is 0 Å². The van der Waals surface area contributed by atoms with E-state index in [1.165, 1.54) is 0 Å². The van der Waals surface area contributed by atoms with Crippen molar-refractivity contribution >= 4 is 0 Å². The fourth-order valence-electron chi connectivity index (χ4n) is 2.66. The SMILES string of the molecule is OC[C@H]1O[C@]2(Cc3ccccc3CO2)[C@@H](O)[C@@H]1O. The third-order valence-corrected chi connectivity index (χ3v) is 3.71. The molecule has 0 unspecified atom stereocenters.